The number of nitrogens with zero attached hydrogens (tertiary/aromatic N) is 2. The third-order valence-electron chi connectivity index (χ3n) is 3.52. The molecule has 1 heterocycles. The molecule has 82 valence electrons. The Balaban J connectivity index is 2.24. The van der Waals surface area contributed by atoms with Crippen LogP contribution < -0.4 is 11.3 Å². The van der Waals surface area contributed by atoms with Crippen LogP contribution in [0.3, 0.4) is 0 Å². The molecule has 1 unspecified atom stereocenters. The van der Waals surface area contributed by atoms with Gasteiger partial charge in [-0.1, -0.05) is 19.8 Å². The maximum absolute atomic E-state index is 5.66. The Morgan fingerprint density at radius 2 is 1.93 bits per heavy atom. The van der Waals surface area contributed by atoms with Crippen LogP contribution in [0.25, 0.3) is 0 Å². The first-order valence-electron chi connectivity index (χ1n) is 5.47. The highest BCUT2D eigenvalue weighted by Crippen LogP contribution is 2.46. The number of aromatic nitrogens is 2. The van der Waals surface area contributed by atoms with Gasteiger partial charge in [0, 0.05) is 18.0 Å². The van der Waals surface area contributed by atoms with Crippen molar-refractivity contribution in [2.24, 2.45) is 11.3 Å². The Hall–Kier alpha value is -1.00. The molecule has 0 amide bonds. The first kappa shape index (κ1) is 10.5. The lowest BCUT2D eigenvalue weighted by molar-refractivity contribution is 0.224. The molecule has 0 spiro atoms. The summed E-state index contributed by atoms with van der Waals surface area (Å²) in [5.74, 6) is 5.66. The Morgan fingerprint density at radius 3 is 2.47 bits per heavy atom. The third kappa shape index (κ3) is 2.01. The maximum Gasteiger partial charge on any atom is 0.115 e. The molecule has 0 saturated heterocycles. The SMILES string of the molecule is CC1(C(NN)c2cncnc2)CCCC1. The molecule has 1 saturated carbocycles. The average molecular weight is 206 g/mol. The normalized spacial score (nSPS) is 21.5. The van der Waals surface area contributed by atoms with Gasteiger partial charge in [-0.25, -0.2) is 9.97 Å². The van der Waals surface area contributed by atoms with Gasteiger partial charge < -0.3 is 0 Å². The van der Waals surface area contributed by atoms with E-state index in [4.69, 9.17) is 5.84 Å². The van der Waals surface area contributed by atoms with E-state index >= 15 is 0 Å². The molecule has 0 aromatic carbocycles. The summed E-state index contributed by atoms with van der Waals surface area (Å²) in [6.45, 7) is 2.29. The van der Waals surface area contributed by atoms with Gasteiger partial charge in [0.25, 0.3) is 0 Å². The van der Waals surface area contributed by atoms with Gasteiger partial charge in [0.2, 0.25) is 0 Å². The van der Waals surface area contributed by atoms with Crippen molar-refractivity contribution in [3.63, 3.8) is 0 Å². The van der Waals surface area contributed by atoms with Gasteiger partial charge in [-0.2, -0.15) is 0 Å². The summed E-state index contributed by atoms with van der Waals surface area (Å²) in [5, 5.41) is 0. The molecule has 15 heavy (non-hydrogen) atoms. The van der Waals surface area contributed by atoms with Crippen molar-refractivity contribution in [2.45, 2.75) is 38.6 Å². The number of nitrogens with one attached hydrogen (secondary N) is 1. The van der Waals surface area contributed by atoms with Gasteiger partial charge in [0.15, 0.2) is 0 Å². The first-order chi connectivity index (χ1) is 7.26. The Morgan fingerprint density at radius 1 is 1.33 bits per heavy atom. The van der Waals surface area contributed by atoms with Crippen LogP contribution in [-0.4, -0.2) is 9.97 Å². The van der Waals surface area contributed by atoms with Gasteiger partial charge in [-0.15, -0.1) is 0 Å². The Kier molecular flexibility index (Phi) is 2.98. The van der Waals surface area contributed by atoms with Gasteiger partial charge in [-0.3, -0.25) is 11.3 Å². The molecule has 0 radical (unpaired) electrons. The van der Waals surface area contributed by atoms with Crippen LogP contribution in [0.4, 0.5) is 0 Å². The molecule has 1 aromatic heterocycles. The fourth-order valence-corrected chi connectivity index (χ4v) is 2.63. The van der Waals surface area contributed by atoms with Crippen molar-refractivity contribution in [2.75, 3.05) is 0 Å². The summed E-state index contributed by atoms with van der Waals surface area (Å²) in [7, 11) is 0. The van der Waals surface area contributed by atoms with Crippen molar-refractivity contribution < 1.29 is 0 Å². The van der Waals surface area contributed by atoms with E-state index in [1.165, 1.54) is 25.7 Å². The predicted octanol–water partition coefficient (Wildman–Crippen LogP) is 1.56. The number of rotatable bonds is 3. The molecule has 1 aliphatic carbocycles. The molecule has 2 rings (SSSR count). The third-order valence-corrected chi connectivity index (χ3v) is 3.52. The van der Waals surface area contributed by atoms with Crippen molar-refractivity contribution >= 4 is 0 Å². The summed E-state index contributed by atoms with van der Waals surface area (Å²) in [6, 6.07) is 0.168. The summed E-state index contributed by atoms with van der Waals surface area (Å²) in [4.78, 5) is 8.10. The second kappa shape index (κ2) is 4.24. The lowest BCUT2D eigenvalue weighted by atomic mass is 9.78. The number of hydrogen-bond donors (Lipinski definition) is 2. The summed E-state index contributed by atoms with van der Waals surface area (Å²) in [5.41, 5.74) is 4.26. The number of hydrogen-bond acceptors (Lipinski definition) is 4. The standard InChI is InChI=1S/C11H18N4/c1-11(4-2-3-5-11)10(15-12)9-6-13-8-14-7-9/h6-8,10,15H,2-5,12H2,1H3. The number of nitrogens with two attached hydrogens (primary N) is 1. The van der Waals surface area contributed by atoms with E-state index in [0.29, 0.717) is 0 Å². The Bertz CT molecular complexity index is 306. The van der Waals surface area contributed by atoms with E-state index in [2.05, 4.69) is 22.3 Å². The van der Waals surface area contributed by atoms with E-state index in [1.807, 2.05) is 12.4 Å². The second-order valence-electron chi connectivity index (χ2n) is 4.63. The zero-order valence-corrected chi connectivity index (χ0v) is 9.11. The minimum atomic E-state index is 0.168. The average Bonchev–Trinajstić information content (AvgIpc) is 2.68. The molecule has 1 aliphatic rings. The molecule has 1 atom stereocenters. The topological polar surface area (TPSA) is 63.8 Å². The fourth-order valence-electron chi connectivity index (χ4n) is 2.63. The first-order valence-corrected chi connectivity index (χ1v) is 5.47. The van der Waals surface area contributed by atoms with Crippen molar-refractivity contribution in [3.8, 4) is 0 Å². The number of hydrazine groups is 1. The Labute approximate surface area is 90.3 Å². The van der Waals surface area contributed by atoms with Crippen LogP contribution in [0.5, 0.6) is 0 Å². The smallest absolute Gasteiger partial charge is 0.115 e. The van der Waals surface area contributed by atoms with Crippen LogP contribution in [0.2, 0.25) is 0 Å². The minimum absolute atomic E-state index is 0.168. The van der Waals surface area contributed by atoms with Crippen molar-refractivity contribution in [1.82, 2.24) is 15.4 Å². The molecule has 1 fully saturated rings. The lowest BCUT2D eigenvalue weighted by Crippen LogP contribution is -2.38. The fraction of sp³-hybridized carbons (Fsp3) is 0.636. The van der Waals surface area contributed by atoms with Crippen LogP contribution in [0.15, 0.2) is 18.7 Å². The van der Waals surface area contributed by atoms with E-state index in [-0.39, 0.29) is 11.5 Å². The van der Waals surface area contributed by atoms with E-state index in [1.54, 1.807) is 6.33 Å². The summed E-state index contributed by atoms with van der Waals surface area (Å²) >= 11 is 0. The lowest BCUT2D eigenvalue weighted by Gasteiger charge is -2.33. The zero-order valence-electron chi connectivity index (χ0n) is 9.11. The largest absolute Gasteiger partial charge is 0.271 e. The highest BCUT2D eigenvalue weighted by molar-refractivity contribution is 5.13. The van der Waals surface area contributed by atoms with Crippen LogP contribution >= 0.6 is 0 Å². The quantitative estimate of drug-likeness (QED) is 0.582. The van der Waals surface area contributed by atoms with Crippen LogP contribution in [0.1, 0.15) is 44.2 Å². The molecule has 0 bridgehead atoms. The van der Waals surface area contributed by atoms with E-state index < -0.39 is 0 Å². The highest BCUT2D eigenvalue weighted by atomic mass is 15.2. The molecule has 0 aliphatic heterocycles. The van der Waals surface area contributed by atoms with Crippen LogP contribution in [0, 0.1) is 5.41 Å². The maximum atomic E-state index is 5.66. The molecular weight excluding hydrogens is 188 g/mol. The van der Waals surface area contributed by atoms with Crippen molar-refractivity contribution in [1.29, 1.82) is 0 Å². The van der Waals surface area contributed by atoms with E-state index in [9.17, 15) is 0 Å². The highest BCUT2D eigenvalue weighted by Gasteiger charge is 2.37. The van der Waals surface area contributed by atoms with Crippen LogP contribution in [-0.2, 0) is 0 Å². The van der Waals surface area contributed by atoms with E-state index in [0.717, 1.165) is 5.56 Å². The monoisotopic (exact) mass is 206 g/mol. The summed E-state index contributed by atoms with van der Waals surface area (Å²) < 4.78 is 0. The van der Waals surface area contributed by atoms with Crippen molar-refractivity contribution in [3.05, 3.63) is 24.3 Å². The van der Waals surface area contributed by atoms with Gasteiger partial charge in [-0.05, 0) is 18.3 Å². The predicted molar refractivity (Wildman–Crippen MR) is 58.7 cm³/mol. The molecular formula is C11H18N4. The van der Waals surface area contributed by atoms with Gasteiger partial charge >= 0.3 is 0 Å². The summed E-state index contributed by atoms with van der Waals surface area (Å²) in [6.07, 6.45) is 10.3. The van der Waals surface area contributed by atoms with Gasteiger partial charge in [0.1, 0.15) is 6.33 Å². The second-order valence-corrected chi connectivity index (χ2v) is 4.63. The molecule has 1 aromatic rings. The molecule has 4 nitrogen and oxygen atoms in total. The molecule has 4 heteroatoms. The minimum Gasteiger partial charge on any atom is -0.271 e. The molecule has 3 N–H and O–H groups in total. The van der Waals surface area contributed by atoms with Gasteiger partial charge in [0.05, 0.1) is 6.04 Å². The zero-order chi connectivity index (χ0) is 10.7.